The van der Waals surface area contributed by atoms with Gasteiger partial charge in [-0.05, 0) is 19.1 Å². The van der Waals surface area contributed by atoms with Gasteiger partial charge in [0.25, 0.3) is 0 Å². The summed E-state index contributed by atoms with van der Waals surface area (Å²) in [7, 11) is 0. The van der Waals surface area contributed by atoms with Gasteiger partial charge in [0.2, 0.25) is 0 Å². The Morgan fingerprint density at radius 3 is 2.63 bits per heavy atom. The SMILES string of the molecule is CCOC(=O)[C@@H]1CN(c2ccccc2)N=C1C(C)=O. The second-order valence-corrected chi connectivity index (χ2v) is 4.26. The van der Waals surface area contributed by atoms with Crippen LogP contribution in [0.15, 0.2) is 35.4 Å². The number of anilines is 1. The van der Waals surface area contributed by atoms with E-state index < -0.39 is 11.9 Å². The fraction of sp³-hybridized carbons (Fsp3) is 0.357. The van der Waals surface area contributed by atoms with Crippen molar-refractivity contribution in [2.75, 3.05) is 18.2 Å². The molecule has 100 valence electrons. The highest BCUT2D eigenvalue weighted by atomic mass is 16.5. The van der Waals surface area contributed by atoms with E-state index in [1.54, 1.807) is 11.9 Å². The lowest BCUT2D eigenvalue weighted by Gasteiger charge is -2.15. The molecule has 1 aromatic carbocycles. The number of hydrazone groups is 1. The molecule has 0 saturated carbocycles. The van der Waals surface area contributed by atoms with Crippen molar-refractivity contribution >= 4 is 23.2 Å². The van der Waals surface area contributed by atoms with Gasteiger partial charge in [-0.2, -0.15) is 5.10 Å². The molecular formula is C14H16N2O3. The zero-order valence-electron chi connectivity index (χ0n) is 11.0. The van der Waals surface area contributed by atoms with Gasteiger partial charge in [0.1, 0.15) is 11.6 Å². The number of ketones is 1. The van der Waals surface area contributed by atoms with Crippen LogP contribution in [0.3, 0.4) is 0 Å². The fourth-order valence-corrected chi connectivity index (χ4v) is 2.01. The predicted molar refractivity (Wildman–Crippen MR) is 72.0 cm³/mol. The lowest BCUT2D eigenvalue weighted by Crippen LogP contribution is -2.31. The highest BCUT2D eigenvalue weighted by Gasteiger charge is 2.36. The third-order valence-electron chi connectivity index (χ3n) is 2.90. The van der Waals surface area contributed by atoms with E-state index in [1.807, 2.05) is 30.3 Å². The maximum Gasteiger partial charge on any atom is 0.317 e. The molecule has 0 unspecified atom stereocenters. The number of para-hydroxylation sites is 1. The van der Waals surface area contributed by atoms with Gasteiger partial charge >= 0.3 is 5.97 Å². The number of hydrogen-bond donors (Lipinski definition) is 0. The van der Waals surface area contributed by atoms with E-state index in [0.717, 1.165) is 5.69 Å². The first kappa shape index (κ1) is 13.3. The van der Waals surface area contributed by atoms with Gasteiger partial charge in [0, 0.05) is 6.92 Å². The van der Waals surface area contributed by atoms with Crippen molar-refractivity contribution in [3.05, 3.63) is 30.3 Å². The third kappa shape index (κ3) is 2.81. The van der Waals surface area contributed by atoms with Crippen molar-refractivity contribution in [3.8, 4) is 0 Å². The van der Waals surface area contributed by atoms with Crippen molar-refractivity contribution in [1.82, 2.24) is 0 Å². The van der Waals surface area contributed by atoms with Gasteiger partial charge in [-0.25, -0.2) is 0 Å². The molecule has 0 saturated heterocycles. The van der Waals surface area contributed by atoms with Crippen molar-refractivity contribution in [3.63, 3.8) is 0 Å². The molecule has 0 bridgehead atoms. The molecule has 1 aromatic rings. The average molecular weight is 260 g/mol. The van der Waals surface area contributed by atoms with Crippen molar-refractivity contribution in [2.45, 2.75) is 13.8 Å². The molecule has 1 aliphatic rings. The molecular weight excluding hydrogens is 244 g/mol. The predicted octanol–water partition coefficient (Wildman–Crippen LogP) is 1.63. The Hall–Kier alpha value is -2.17. The van der Waals surface area contributed by atoms with Crippen LogP contribution in [0.2, 0.25) is 0 Å². The normalized spacial score (nSPS) is 18.1. The quantitative estimate of drug-likeness (QED) is 0.772. The van der Waals surface area contributed by atoms with Crippen LogP contribution in [-0.2, 0) is 14.3 Å². The van der Waals surface area contributed by atoms with Gasteiger partial charge < -0.3 is 4.74 Å². The summed E-state index contributed by atoms with van der Waals surface area (Å²) in [5.41, 5.74) is 1.12. The van der Waals surface area contributed by atoms with Gasteiger partial charge in [-0.15, -0.1) is 0 Å². The molecule has 0 fully saturated rings. The Labute approximate surface area is 111 Å². The minimum absolute atomic E-state index is 0.198. The standard InChI is InChI=1S/C14H16N2O3/c1-3-19-14(18)12-9-16(15-13(12)10(2)17)11-7-5-4-6-8-11/h4-8,12H,3,9H2,1-2H3/t12-/m1/s1. The highest BCUT2D eigenvalue weighted by molar-refractivity contribution is 6.43. The van der Waals surface area contributed by atoms with Crippen molar-refractivity contribution < 1.29 is 14.3 Å². The summed E-state index contributed by atoms with van der Waals surface area (Å²) < 4.78 is 4.99. The van der Waals surface area contributed by atoms with Gasteiger partial charge in [-0.1, -0.05) is 18.2 Å². The summed E-state index contributed by atoms with van der Waals surface area (Å²) in [6.45, 7) is 3.80. The number of nitrogens with zero attached hydrogens (tertiary/aromatic N) is 2. The molecule has 1 atom stereocenters. The van der Waals surface area contributed by atoms with Crippen LogP contribution in [0.4, 0.5) is 5.69 Å². The van der Waals surface area contributed by atoms with Gasteiger partial charge in [-0.3, -0.25) is 14.6 Å². The van der Waals surface area contributed by atoms with Crippen molar-refractivity contribution in [1.29, 1.82) is 0 Å². The monoisotopic (exact) mass is 260 g/mol. The molecule has 0 spiro atoms. The van der Waals surface area contributed by atoms with Gasteiger partial charge in [0.05, 0.1) is 18.8 Å². The lowest BCUT2D eigenvalue weighted by molar-refractivity contribution is -0.145. The summed E-state index contributed by atoms with van der Waals surface area (Å²) in [6.07, 6.45) is 0. The summed E-state index contributed by atoms with van der Waals surface area (Å²) in [4.78, 5) is 23.4. The molecule has 0 radical (unpaired) electrons. The van der Waals surface area contributed by atoms with E-state index in [0.29, 0.717) is 13.2 Å². The Balaban J connectivity index is 2.24. The summed E-state index contributed by atoms with van der Waals surface area (Å²) in [6, 6.07) is 9.44. The number of carbonyl (C=O) groups is 2. The summed E-state index contributed by atoms with van der Waals surface area (Å²) in [5.74, 6) is -1.19. The Bertz CT molecular complexity index is 511. The highest BCUT2D eigenvalue weighted by Crippen LogP contribution is 2.23. The zero-order valence-corrected chi connectivity index (χ0v) is 11.0. The maximum absolute atomic E-state index is 11.9. The summed E-state index contributed by atoms with van der Waals surface area (Å²) >= 11 is 0. The van der Waals surface area contributed by atoms with E-state index >= 15 is 0 Å². The van der Waals surface area contributed by atoms with Crippen LogP contribution in [0.25, 0.3) is 0 Å². The molecule has 1 aliphatic heterocycles. The van der Waals surface area contributed by atoms with Crippen LogP contribution in [0, 0.1) is 5.92 Å². The molecule has 19 heavy (non-hydrogen) atoms. The third-order valence-corrected chi connectivity index (χ3v) is 2.90. The molecule has 0 amide bonds. The smallest absolute Gasteiger partial charge is 0.317 e. The minimum Gasteiger partial charge on any atom is -0.465 e. The first-order valence-corrected chi connectivity index (χ1v) is 6.22. The van der Waals surface area contributed by atoms with Crippen LogP contribution < -0.4 is 5.01 Å². The maximum atomic E-state index is 11.9. The van der Waals surface area contributed by atoms with E-state index in [1.165, 1.54) is 6.92 Å². The first-order chi connectivity index (χ1) is 9.13. The van der Waals surface area contributed by atoms with E-state index in [2.05, 4.69) is 5.10 Å². The number of esters is 1. The largest absolute Gasteiger partial charge is 0.465 e. The Kier molecular flexibility index (Phi) is 3.94. The second kappa shape index (κ2) is 5.65. The average Bonchev–Trinajstić information content (AvgIpc) is 2.85. The van der Waals surface area contributed by atoms with Crippen LogP contribution in [0.1, 0.15) is 13.8 Å². The Morgan fingerprint density at radius 2 is 2.05 bits per heavy atom. The molecule has 1 heterocycles. The topological polar surface area (TPSA) is 59.0 Å². The minimum atomic E-state index is -0.599. The molecule has 5 nitrogen and oxygen atoms in total. The first-order valence-electron chi connectivity index (χ1n) is 6.22. The summed E-state index contributed by atoms with van der Waals surface area (Å²) in [5, 5.41) is 5.91. The molecule has 5 heteroatoms. The molecule has 0 aliphatic carbocycles. The van der Waals surface area contributed by atoms with E-state index in [4.69, 9.17) is 4.74 Å². The molecule has 0 aromatic heterocycles. The van der Waals surface area contributed by atoms with Crippen LogP contribution in [-0.4, -0.2) is 30.6 Å². The van der Waals surface area contributed by atoms with Crippen LogP contribution in [0.5, 0.6) is 0 Å². The molecule has 0 N–H and O–H groups in total. The number of rotatable bonds is 4. The number of carbonyl (C=O) groups excluding carboxylic acids is 2. The number of ether oxygens (including phenoxy) is 1. The number of Topliss-reactive ketones (excluding diaryl/α,β-unsaturated/α-hetero) is 1. The van der Waals surface area contributed by atoms with E-state index in [9.17, 15) is 9.59 Å². The van der Waals surface area contributed by atoms with Crippen molar-refractivity contribution in [2.24, 2.45) is 11.0 Å². The number of benzene rings is 1. The lowest BCUT2D eigenvalue weighted by atomic mass is 10.0. The van der Waals surface area contributed by atoms with Crippen LogP contribution >= 0.6 is 0 Å². The van der Waals surface area contributed by atoms with Gasteiger partial charge in [0.15, 0.2) is 5.78 Å². The van der Waals surface area contributed by atoms with E-state index in [-0.39, 0.29) is 11.5 Å². The number of hydrogen-bond acceptors (Lipinski definition) is 5. The second-order valence-electron chi connectivity index (χ2n) is 4.26. The Morgan fingerprint density at radius 1 is 1.37 bits per heavy atom. The molecule has 2 rings (SSSR count). The fourth-order valence-electron chi connectivity index (χ4n) is 2.01. The zero-order chi connectivity index (χ0) is 13.8.